The third-order valence-electron chi connectivity index (χ3n) is 1.99. The molecule has 76 valence electrons. The van der Waals surface area contributed by atoms with E-state index in [1.807, 2.05) is 0 Å². The zero-order valence-corrected chi connectivity index (χ0v) is 8.92. The SMILES string of the molecule is Cl.Cl.NNCCCN1CCCC1. The first-order valence-corrected chi connectivity index (χ1v) is 4.09. The third kappa shape index (κ3) is 6.03. The van der Waals surface area contributed by atoms with Gasteiger partial charge in [-0.15, -0.1) is 24.8 Å². The van der Waals surface area contributed by atoms with Crippen LogP contribution in [0.15, 0.2) is 0 Å². The molecular weight excluding hydrogens is 197 g/mol. The van der Waals surface area contributed by atoms with Crippen LogP contribution in [-0.4, -0.2) is 31.1 Å². The average Bonchev–Trinajstić information content (AvgIpc) is 2.41. The zero-order valence-electron chi connectivity index (χ0n) is 7.29. The molecule has 1 aliphatic heterocycles. The van der Waals surface area contributed by atoms with Crippen LogP contribution in [0, 0.1) is 0 Å². The summed E-state index contributed by atoms with van der Waals surface area (Å²) < 4.78 is 0. The highest BCUT2D eigenvalue weighted by Gasteiger charge is 2.09. The van der Waals surface area contributed by atoms with E-state index in [4.69, 9.17) is 5.84 Å². The van der Waals surface area contributed by atoms with E-state index in [0.717, 1.165) is 6.54 Å². The Bertz CT molecular complexity index is 86.7. The number of hydrogen-bond acceptors (Lipinski definition) is 3. The Hall–Kier alpha value is 0.460. The van der Waals surface area contributed by atoms with E-state index in [1.165, 1.54) is 38.9 Å². The molecule has 0 spiro atoms. The minimum Gasteiger partial charge on any atom is -0.303 e. The van der Waals surface area contributed by atoms with Gasteiger partial charge in [0.15, 0.2) is 0 Å². The lowest BCUT2D eigenvalue weighted by Gasteiger charge is -2.13. The van der Waals surface area contributed by atoms with Crippen LogP contribution in [0.4, 0.5) is 0 Å². The van der Waals surface area contributed by atoms with Crippen LogP contribution in [0.25, 0.3) is 0 Å². The molecule has 0 aliphatic carbocycles. The van der Waals surface area contributed by atoms with E-state index < -0.39 is 0 Å². The Morgan fingerprint density at radius 1 is 1.17 bits per heavy atom. The van der Waals surface area contributed by atoms with Crippen molar-refractivity contribution in [3.05, 3.63) is 0 Å². The highest BCUT2D eigenvalue weighted by Crippen LogP contribution is 2.06. The van der Waals surface area contributed by atoms with Crippen LogP contribution in [0.2, 0.25) is 0 Å². The number of nitrogens with one attached hydrogen (secondary N) is 1. The second-order valence-corrected chi connectivity index (χ2v) is 2.86. The number of nitrogens with two attached hydrogens (primary N) is 1. The minimum atomic E-state index is 0. The fraction of sp³-hybridized carbons (Fsp3) is 1.00. The second kappa shape index (κ2) is 9.55. The molecule has 0 aromatic heterocycles. The van der Waals surface area contributed by atoms with Gasteiger partial charge < -0.3 is 4.90 Å². The molecule has 1 heterocycles. The molecule has 0 radical (unpaired) electrons. The fourth-order valence-electron chi connectivity index (χ4n) is 1.41. The summed E-state index contributed by atoms with van der Waals surface area (Å²) in [6, 6.07) is 0. The van der Waals surface area contributed by atoms with E-state index in [2.05, 4.69) is 10.3 Å². The van der Waals surface area contributed by atoms with Gasteiger partial charge in [0.25, 0.3) is 0 Å². The van der Waals surface area contributed by atoms with E-state index >= 15 is 0 Å². The number of hydrazine groups is 1. The summed E-state index contributed by atoms with van der Waals surface area (Å²) in [4.78, 5) is 2.50. The summed E-state index contributed by atoms with van der Waals surface area (Å²) in [6.45, 7) is 4.75. The highest BCUT2D eigenvalue weighted by atomic mass is 35.5. The fourth-order valence-corrected chi connectivity index (χ4v) is 1.41. The molecule has 12 heavy (non-hydrogen) atoms. The molecule has 5 heteroatoms. The average molecular weight is 216 g/mol. The van der Waals surface area contributed by atoms with E-state index in [1.54, 1.807) is 0 Å². The highest BCUT2D eigenvalue weighted by molar-refractivity contribution is 5.85. The third-order valence-corrected chi connectivity index (χ3v) is 1.99. The normalized spacial score (nSPS) is 16.8. The molecule has 0 aromatic rings. The number of hydrogen-bond donors (Lipinski definition) is 2. The lowest BCUT2D eigenvalue weighted by atomic mass is 10.4. The number of rotatable bonds is 4. The van der Waals surface area contributed by atoms with Gasteiger partial charge in [-0.05, 0) is 38.9 Å². The van der Waals surface area contributed by atoms with Gasteiger partial charge in [0.1, 0.15) is 0 Å². The van der Waals surface area contributed by atoms with Gasteiger partial charge in [0.05, 0.1) is 0 Å². The summed E-state index contributed by atoms with van der Waals surface area (Å²) in [7, 11) is 0. The van der Waals surface area contributed by atoms with Crippen LogP contribution < -0.4 is 11.3 Å². The van der Waals surface area contributed by atoms with E-state index in [-0.39, 0.29) is 24.8 Å². The van der Waals surface area contributed by atoms with Crippen molar-refractivity contribution >= 4 is 24.8 Å². The number of halogens is 2. The van der Waals surface area contributed by atoms with Gasteiger partial charge in [-0.1, -0.05) is 0 Å². The molecule has 1 saturated heterocycles. The number of likely N-dealkylation sites (tertiary alicyclic amines) is 1. The maximum absolute atomic E-state index is 5.14. The first-order valence-electron chi connectivity index (χ1n) is 4.09. The van der Waals surface area contributed by atoms with Crippen molar-refractivity contribution in [2.24, 2.45) is 5.84 Å². The largest absolute Gasteiger partial charge is 0.303 e. The Morgan fingerprint density at radius 3 is 2.25 bits per heavy atom. The van der Waals surface area contributed by atoms with Crippen molar-refractivity contribution in [3.8, 4) is 0 Å². The van der Waals surface area contributed by atoms with Crippen molar-refractivity contribution in [1.82, 2.24) is 10.3 Å². The standard InChI is InChI=1S/C7H17N3.2ClH/c8-9-4-3-7-10-5-1-2-6-10;;/h9H,1-8H2;2*1H. The Kier molecular flexibility index (Phi) is 11.9. The molecule has 3 N–H and O–H groups in total. The van der Waals surface area contributed by atoms with Crippen LogP contribution in [-0.2, 0) is 0 Å². The van der Waals surface area contributed by atoms with Crippen molar-refractivity contribution < 1.29 is 0 Å². The van der Waals surface area contributed by atoms with Gasteiger partial charge in [0.2, 0.25) is 0 Å². The monoisotopic (exact) mass is 215 g/mol. The maximum atomic E-state index is 5.14. The predicted octanol–water partition coefficient (Wildman–Crippen LogP) is 0.779. The smallest absolute Gasteiger partial charge is 0.0110 e. The Balaban J connectivity index is 0. The molecule has 0 atom stereocenters. The molecule has 0 saturated carbocycles. The quantitative estimate of drug-likeness (QED) is 0.414. The second-order valence-electron chi connectivity index (χ2n) is 2.86. The van der Waals surface area contributed by atoms with Gasteiger partial charge in [0, 0.05) is 6.54 Å². The van der Waals surface area contributed by atoms with Crippen LogP contribution >= 0.6 is 24.8 Å². The zero-order chi connectivity index (χ0) is 7.23. The van der Waals surface area contributed by atoms with Gasteiger partial charge in [-0.3, -0.25) is 11.3 Å². The summed E-state index contributed by atoms with van der Waals surface area (Å²) in [6.07, 6.45) is 3.95. The van der Waals surface area contributed by atoms with Gasteiger partial charge in [-0.2, -0.15) is 0 Å². The van der Waals surface area contributed by atoms with Crippen molar-refractivity contribution in [1.29, 1.82) is 0 Å². The molecule has 0 unspecified atom stereocenters. The molecule has 0 aromatic carbocycles. The minimum absolute atomic E-state index is 0. The van der Waals surface area contributed by atoms with Gasteiger partial charge in [-0.25, -0.2) is 0 Å². The van der Waals surface area contributed by atoms with Crippen LogP contribution in [0.1, 0.15) is 19.3 Å². The first kappa shape index (κ1) is 15.0. The van der Waals surface area contributed by atoms with Crippen molar-refractivity contribution in [3.63, 3.8) is 0 Å². The molecule has 0 bridgehead atoms. The molecular formula is C7H19Cl2N3. The molecule has 1 fully saturated rings. The van der Waals surface area contributed by atoms with Crippen LogP contribution in [0.5, 0.6) is 0 Å². The summed E-state index contributed by atoms with van der Waals surface area (Å²) in [5.41, 5.74) is 2.66. The molecule has 1 aliphatic rings. The van der Waals surface area contributed by atoms with Crippen LogP contribution in [0.3, 0.4) is 0 Å². The number of nitrogens with zero attached hydrogens (tertiary/aromatic N) is 1. The molecule has 0 amide bonds. The van der Waals surface area contributed by atoms with Crippen molar-refractivity contribution in [2.45, 2.75) is 19.3 Å². The van der Waals surface area contributed by atoms with E-state index in [9.17, 15) is 0 Å². The molecule has 1 rings (SSSR count). The van der Waals surface area contributed by atoms with Gasteiger partial charge >= 0.3 is 0 Å². The topological polar surface area (TPSA) is 41.3 Å². The molecule has 3 nitrogen and oxygen atoms in total. The summed E-state index contributed by atoms with van der Waals surface area (Å²) in [5.74, 6) is 5.14. The Labute approximate surface area is 86.8 Å². The lowest BCUT2D eigenvalue weighted by Crippen LogP contribution is -2.28. The van der Waals surface area contributed by atoms with E-state index in [0.29, 0.717) is 0 Å². The summed E-state index contributed by atoms with van der Waals surface area (Å²) >= 11 is 0. The summed E-state index contributed by atoms with van der Waals surface area (Å²) in [5, 5.41) is 0. The lowest BCUT2D eigenvalue weighted by molar-refractivity contribution is 0.331. The maximum Gasteiger partial charge on any atom is 0.0110 e. The predicted molar refractivity (Wildman–Crippen MR) is 57.0 cm³/mol. The Morgan fingerprint density at radius 2 is 1.75 bits per heavy atom. The van der Waals surface area contributed by atoms with Crippen molar-refractivity contribution in [2.75, 3.05) is 26.2 Å². The first-order chi connectivity index (χ1) is 4.93.